The fourth-order valence-electron chi connectivity index (χ4n) is 2.12. The number of benzene rings is 1. The number of nitrogens with two attached hydrogens (primary N) is 1. The first-order valence-corrected chi connectivity index (χ1v) is 5.37. The molecule has 4 heteroatoms. The number of aliphatic hydroxyl groups excluding tert-OH is 2. The van der Waals surface area contributed by atoms with Gasteiger partial charge in [-0.25, -0.2) is 0 Å². The summed E-state index contributed by atoms with van der Waals surface area (Å²) in [5, 5.41) is 19.1. The van der Waals surface area contributed by atoms with Gasteiger partial charge in [0.1, 0.15) is 5.82 Å². The number of H-pyrrole nitrogens is 1. The lowest BCUT2D eigenvalue weighted by Crippen LogP contribution is -1.97. The number of hydrogen-bond acceptors (Lipinski definition) is 3. The van der Waals surface area contributed by atoms with E-state index in [0.717, 1.165) is 22.0 Å². The van der Waals surface area contributed by atoms with E-state index >= 15 is 0 Å². The lowest BCUT2D eigenvalue weighted by Gasteiger charge is -2.04. The third-order valence-electron chi connectivity index (χ3n) is 2.79. The SMILES string of the molecule is Nc1[nH]c2cccc(CCO)c2c1CCO. The van der Waals surface area contributed by atoms with E-state index in [-0.39, 0.29) is 13.2 Å². The summed E-state index contributed by atoms with van der Waals surface area (Å²) in [6.07, 6.45) is 1.14. The van der Waals surface area contributed by atoms with Crippen molar-refractivity contribution in [1.82, 2.24) is 4.98 Å². The molecule has 16 heavy (non-hydrogen) atoms. The molecule has 2 rings (SSSR count). The topological polar surface area (TPSA) is 82.3 Å². The molecule has 1 aromatic heterocycles. The standard InChI is InChI=1S/C12H16N2O2/c13-12-9(5-7-16)11-8(4-6-15)2-1-3-10(11)14-12/h1-3,14-16H,4-7,13H2. The second-order valence-corrected chi connectivity index (χ2v) is 3.80. The van der Waals surface area contributed by atoms with Gasteiger partial charge in [0.05, 0.1) is 0 Å². The van der Waals surface area contributed by atoms with E-state index in [0.29, 0.717) is 18.7 Å². The molecule has 0 unspecified atom stereocenters. The monoisotopic (exact) mass is 220 g/mol. The van der Waals surface area contributed by atoms with Crippen LogP contribution in [0.15, 0.2) is 18.2 Å². The molecule has 4 nitrogen and oxygen atoms in total. The van der Waals surface area contributed by atoms with Crippen molar-refractivity contribution in [3.8, 4) is 0 Å². The zero-order valence-corrected chi connectivity index (χ0v) is 9.03. The first-order valence-electron chi connectivity index (χ1n) is 5.37. The third-order valence-corrected chi connectivity index (χ3v) is 2.79. The second-order valence-electron chi connectivity index (χ2n) is 3.80. The molecule has 1 heterocycles. The van der Waals surface area contributed by atoms with Gasteiger partial charge in [0.15, 0.2) is 0 Å². The maximum Gasteiger partial charge on any atom is 0.105 e. The number of nitrogens with one attached hydrogen (secondary N) is 1. The van der Waals surface area contributed by atoms with Crippen molar-refractivity contribution in [3.05, 3.63) is 29.3 Å². The van der Waals surface area contributed by atoms with Gasteiger partial charge in [-0.2, -0.15) is 0 Å². The third kappa shape index (κ3) is 1.77. The predicted molar refractivity (Wildman–Crippen MR) is 64.3 cm³/mol. The second kappa shape index (κ2) is 4.55. The summed E-state index contributed by atoms with van der Waals surface area (Å²) in [4.78, 5) is 3.10. The van der Waals surface area contributed by atoms with E-state index in [4.69, 9.17) is 15.9 Å². The molecule has 0 amide bonds. The average molecular weight is 220 g/mol. The summed E-state index contributed by atoms with van der Waals surface area (Å²) in [5.74, 6) is 0.606. The van der Waals surface area contributed by atoms with Gasteiger partial charge in [-0.05, 0) is 24.5 Å². The maximum atomic E-state index is 9.02. The van der Waals surface area contributed by atoms with Gasteiger partial charge >= 0.3 is 0 Å². The Kier molecular flexibility index (Phi) is 3.12. The Labute approximate surface area is 93.7 Å². The van der Waals surface area contributed by atoms with E-state index in [1.165, 1.54) is 0 Å². The van der Waals surface area contributed by atoms with Crippen LogP contribution in [0.3, 0.4) is 0 Å². The largest absolute Gasteiger partial charge is 0.396 e. The van der Waals surface area contributed by atoms with Gasteiger partial charge in [-0.15, -0.1) is 0 Å². The van der Waals surface area contributed by atoms with Crippen LogP contribution in [-0.4, -0.2) is 28.4 Å². The molecular weight excluding hydrogens is 204 g/mol. The highest BCUT2D eigenvalue weighted by atomic mass is 16.3. The summed E-state index contributed by atoms with van der Waals surface area (Å²) in [7, 11) is 0. The summed E-state index contributed by atoms with van der Waals surface area (Å²) >= 11 is 0. The Bertz CT molecular complexity index is 491. The van der Waals surface area contributed by atoms with Crippen molar-refractivity contribution in [2.24, 2.45) is 0 Å². The molecule has 0 saturated carbocycles. The van der Waals surface area contributed by atoms with Gasteiger partial charge in [0, 0.05) is 29.7 Å². The quantitative estimate of drug-likeness (QED) is 0.615. The number of rotatable bonds is 4. The number of hydrogen-bond donors (Lipinski definition) is 4. The van der Waals surface area contributed by atoms with Crippen LogP contribution in [0.2, 0.25) is 0 Å². The van der Waals surface area contributed by atoms with Gasteiger partial charge in [-0.3, -0.25) is 0 Å². The number of aromatic nitrogens is 1. The van der Waals surface area contributed by atoms with E-state index in [1.807, 2.05) is 18.2 Å². The van der Waals surface area contributed by atoms with E-state index in [2.05, 4.69) is 4.98 Å². The molecule has 0 bridgehead atoms. The molecular formula is C12H16N2O2. The van der Waals surface area contributed by atoms with Crippen LogP contribution in [-0.2, 0) is 12.8 Å². The van der Waals surface area contributed by atoms with Gasteiger partial charge < -0.3 is 20.9 Å². The van der Waals surface area contributed by atoms with E-state index < -0.39 is 0 Å². The molecule has 1 aromatic carbocycles. The smallest absolute Gasteiger partial charge is 0.105 e. The summed E-state index contributed by atoms with van der Waals surface area (Å²) in [6.45, 7) is 0.188. The summed E-state index contributed by atoms with van der Waals surface area (Å²) < 4.78 is 0. The fourth-order valence-corrected chi connectivity index (χ4v) is 2.12. The number of nitrogen functional groups attached to an aromatic ring is 1. The van der Waals surface area contributed by atoms with Gasteiger partial charge in [-0.1, -0.05) is 12.1 Å². The zero-order chi connectivity index (χ0) is 11.5. The zero-order valence-electron chi connectivity index (χ0n) is 9.03. The fraction of sp³-hybridized carbons (Fsp3) is 0.333. The van der Waals surface area contributed by atoms with Gasteiger partial charge in [0.25, 0.3) is 0 Å². The van der Waals surface area contributed by atoms with Crippen LogP contribution >= 0.6 is 0 Å². The number of anilines is 1. The highest BCUT2D eigenvalue weighted by Crippen LogP contribution is 2.28. The van der Waals surface area contributed by atoms with Crippen molar-refractivity contribution >= 4 is 16.7 Å². The highest BCUT2D eigenvalue weighted by Gasteiger charge is 2.11. The molecule has 0 aliphatic carbocycles. The Balaban J connectivity index is 2.62. The van der Waals surface area contributed by atoms with Crippen LogP contribution in [0.5, 0.6) is 0 Å². The van der Waals surface area contributed by atoms with Crippen LogP contribution in [0.4, 0.5) is 5.82 Å². The Morgan fingerprint density at radius 1 is 1.12 bits per heavy atom. The minimum Gasteiger partial charge on any atom is -0.396 e. The van der Waals surface area contributed by atoms with E-state index in [9.17, 15) is 0 Å². The molecule has 0 atom stereocenters. The van der Waals surface area contributed by atoms with Crippen molar-refractivity contribution in [3.63, 3.8) is 0 Å². The number of fused-ring (bicyclic) bond motifs is 1. The predicted octanol–water partition coefficient (Wildman–Crippen LogP) is 0.820. The maximum absolute atomic E-state index is 9.02. The Morgan fingerprint density at radius 2 is 1.88 bits per heavy atom. The molecule has 86 valence electrons. The minimum atomic E-state index is 0.0740. The number of aromatic amines is 1. The first-order chi connectivity index (χ1) is 7.77. The molecule has 0 fully saturated rings. The van der Waals surface area contributed by atoms with Crippen molar-refractivity contribution in [2.75, 3.05) is 18.9 Å². The normalized spacial score (nSPS) is 11.1. The van der Waals surface area contributed by atoms with Crippen LogP contribution in [0.25, 0.3) is 10.9 Å². The van der Waals surface area contributed by atoms with Gasteiger partial charge in [0.2, 0.25) is 0 Å². The van der Waals surface area contributed by atoms with Crippen LogP contribution in [0.1, 0.15) is 11.1 Å². The Morgan fingerprint density at radius 3 is 2.56 bits per heavy atom. The average Bonchev–Trinajstić information content (AvgIpc) is 2.58. The first kappa shape index (κ1) is 11.0. The molecule has 0 spiro atoms. The molecule has 2 aromatic rings. The van der Waals surface area contributed by atoms with Crippen molar-refractivity contribution in [1.29, 1.82) is 0 Å². The molecule has 0 radical (unpaired) electrons. The van der Waals surface area contributed by atoms with Crippen LogP contribution < -0.4 is 5.73 Å². The van der Waals surface area contributed by atoms with Crippen molar-refractivity contribution in [2.45, 2.75) is 12.8 Å². The molecule has 0 aliphatic heterocycles. The van der Waals surface area contributed by atoms with Crippen molar-refractivity contribution < 1.29 is 10.2 Å². The molecule has 0 saturated heterocycles. The highest BCUT2D eigenvalue weighted by molar-refractivity contribution is 5.91. The molecule has 5 N–H and O–H groups in total. The minimum absolute atomic E-state index is 0.0740. The number of aliphatic hydroxyl groups is 2. The van der Waals surface area contributed by atoms with E-state index in [1.54, 1.807) is 0 Å². The summed E-state index contributed by atoms with van der Waals surface area (Å²) in [6, 6.07) is 5.87. The molecule has 0 aliphatic rings. The van der Waals surface area contributed by atoms with Crippen LogP contribution in [0, 0.1) is 0 Å². The summed E-state index contributed by atoms with van der Waals surface area (Å²) in [5.41, 5.74) is 8.85. The lowest BCUT2D eigenvalue weighted by atomic mass is 10.0. The lowest BCUT2D eigenvalue weighted by molar-refractivity contribution is 0.299. The Hall–Kier alpha value is -1.52.